The lowest BCUT2D eigenvalue weighted by atomic mass is 9.98. The molecule has 0 radical (unpaired) electrons. The predicted molar refractivity (Wildman–Crippen MR) is 80.7 cm³/mol. The smallest absolute Gasteiger partial charge is 0.223 e. The van der Waals surface area contributed by atoms with Crippen LogP contribution in [0.25, 0.3) is 0 Å². The van der Waals surface area contributed by atoms with Gasteiger partial charge < -0.3 is 10.6 Å². The number of hydrogen-bond donors (Lipinski definition) is 1. The van der Waals surface area contributed by atoms with Gasteiger partial charge >= 0.3 is 0 Å². The van der Waals surface area contributed by atoms with Crippen molar-refractivity contribution in [2.45, 2.75) is 31.7 Å². The third-order valence-corrected chi connectivity index (χ3v) is 5.06. The highest BCUT2D eigenvalue weighted by atomic mass is 19.1. The van der Waals surface area contributed by atoms with Crippen LogP contribution in [-0.4, -0.2) is 35.7 Å². The molecule has 1 amide bonds. The highest BCUT2D eigenvalue weighted by Crippen LogP contribution is 2.37. The first-order valence-corrected chi connectivity index (χ1v) is 7.97. The minimum atomic E-state index is -0.885. The average Bonchev–Trinajstić information content (AvgIpc) is 3.07. The minimum absolute atomic E-state index is 0.0460. The number of likely N-dealkylation sites (tertiary alicyclic amines) is 1. The summed E-state index contributed by atoms with van der Waals surface area (Å²) in [6, 6.07) is 3.00. The van der Waals surface area contributed by atoms with Crippen molar-refractivity contribution >= 4 is 11.7 Å². The Kier molecular flexibility index (Phi) is 4.43. The fourth-order valence-corrected chi connectivity index (χ4v) is 3.74. The van der Waals surface area contributed by atoms with Gasteiger partial charge in [0, 0.05) is 38.0 Å². The molecule has 124 valence electrons. The first-order chi connectivity index (χ1) is 11.0. The van der Waals surface area contributed by atoms with Gasteiger partial charge in [-0.15, -0.1) is 0 Å². The number of amides is 1. The van der Waals surface area contributed by atoms with E-state index in [0.717, 1.165) is 25.0 Å². The Hall–Kier alpha value is -1.82. The van der Waals surface area contributed by atoms with Crippen LogP contribution in [0.15, 0.2) is 18.2 Å². The van der Waals surface area contributed by atoms with Crippen LogP contribution in [0.3, 0.4) is 0 Å². The summed E-state index contributed by atoms with van der Waals surface area (Å²) < 4.78 is 26.4. The Balaban J connectivity index is 1.54. The second-order valence-corrected chi connectivity index (χ2v) is 6.51. The number of rotatable bonds is 4. The summed E-state index contributed by atoms with van der Waals surface area (Å²) in [5.74, 6) is -1.35. The van der Waals surface area contributed by atoms with Gasteiger partial charge in [-0.05, 0) is 36.8 Å². The Labute approximate surface area is 133 Å². The van der Waals surface area contributed by atoms with Gasteiger partial charge in [0.15, 0.2) is 5.78 Å². The lowest BCUT2D eigenvalue weighted by Crippen LogP contribution is -2.33. The molecule has 3 unspecified atom stereocenters. The summed E-state index contributed by atoms with van der Waals surface area (Å²) in [6.07, 6.45) is 2.04. The monoisotopic (exact) mass is 322 g/mol. The zero-order chi connectivity index (χ0) is 16.6. The van der Waals surface area contributed by atoms with Crippen molar-refractivity contribution in [2.24, 2.45) is 17.6 Å². The van der Waals surface area contributed by atoms with E-state index in [-0.39, 0.29) is 30.4 Å². The van der Waals surface area contributed by atoms with Crippen LogP contribution in [0.2, 0.25) is 0 Å². The van der Waals surface area contributed by atoms with Crippen molar-refractivity contribution in [1.29, 1.82) is 0 Å². The van der Waals surface area contributed by atoms with Gasteiger partial charge in [-0.3, -0.25) is 9.59 Å². The van der Waals surface area contributed by atoms with Gasteiger partial charge in [-0.2, -0.15) is 0 Å². The van der Waals surface area contributed by atoms with Crippen molar-refractivity contribution in [3.8, 4) is 0 Å². The number of Topliss-reactive ketones (excluding diaryl/α,β-unsaturated/α-hetero) is 1. The molecular formula is C17H20F2N2O2. The Bertz CT molecular complexity index is 635. The van der Waals surface area contributed by atoms with Crippen LogP contribution in [0.1, 0.15) is 36.0 Å². The molecule has 1 aliphatic heterocycles. The average molecular weight is 322 g/mol. The molecule has 0 bridgehead atoms. The number of carbonyl (C=O) groups is 2. The molecule has 1 saturated carbocycles. The molecule has 1 aliphatic carbocycles. The first-order valence-electron chi connectivity index (χ1n) is 7.97. The predicted octanol–water partition coefficient (Wildman–Crippen LogP) is 2.12. The molecule has 1 aromatic carbocycles. The molecule has 2 fully saturated rings. The highest BCUT2D eigenvalue weighted by molar-refractivity contribution is 5.98. The normalized spacial score (nSPS) is 26.4. The van der Waals surface area contributed by atoms with E-state index in [1.54, 1.807) is 4.90 Å². The summed E-state index contributed by atoms with van der Waals surface area (Å²) in [4.78, 5) is 26.0. The molecule has 3 atom stereocenters. The second kappa shape index (κ2) is 6.35. The van der Waals surface area contributed by atoms with E-state index in [0.29, 0.717) is 31.0 Å². The van der Waals surface area contributed by atoms with Gasteiger partial charge in [0.1, 0.15) is 11.6 Å². The van der Waals surface area contributed by atoms with E-state index in [4.69, 9.17) is 5.73 Å². The molecule has 1 saturated heterocycles. The number of ketones is 1. The molecule has 2 N–H and O–H groups in total. The zero-order valence-electron chi connectivity index (χ0n) is 12.8. The van der Waals surface area contributed by atoms with Crippen LogP contribution in [0, 0.1) is 23.5 Å². The van der Waals surface area contributed by atoms with Gasteiger partial charge in [-0.25, -0.2) is 8.78 Å². The summed E-state index contributed by atoms with van der Waals surface area (Å²) in [5.41, 5.74) is 5.88. The number of fused-ring (bicyclic) bond motifs is 1. The summed E-state index contributed by atoms with van der Waals surface area (Å²) in [7, 11) is 0. The van der Waals surface area contributed by atoms with Gasteiger partial charge in [0.25, 0.3) is 0 Å². The SMILES string of the molecule is NC1CCC2CN(C(=O)CCC(=O)c3ccc(F)cc3F)CC12. The number of halogens is 2. The highest BCUT2D eigenvalue weighted by Gasteiger charge is 2.42. The van der Waals surface area contributed by atoms with E-state index >= 15 is 0 Å². The molecule has 4 nitrogen and oxygen atoms in total. The van der Waals surface area contributed by atoms with Crippen LogP contribution in [-0.2, 0) is 4.79 Å². The largest absolute Gasteiger partial charge is 0.342 e. The topological polar surface area (TPSA) is 63.4 Å². The molecule has 0 aromatic heterocycles. The number of hydrogen-bond acceptors (Lipinski definition) is 3. The molecule has 3 rings (SSSR count). The number of nitrogens with zero attached hydrogens (tertiary/aromatic N) is 1. The minimum Gasteiger partial charge on any atom is -0.342 e. The zero-order valence-corrected chi connectivity index (χ0v) is 12.8. The first kappa shape index (κ1) is 16.1. The second-order valence-electron chi connectivity index (χ2n) is 6.51. The van der Waals surface area contributed by atoms with E-state index in [9.17, 15) is 18.4 Å². The van der Waals surface area contributed by atoms with Crippen molar-refractivity contribution < 1.29 is 18.4 Å². The van der Waals surface area contributed by atoms with Crippen LogP contribution in [0.4, 0.5) is 8.78 Å². The fourth-order valence-electron chi connectivity index (χ4n) is 3.74. The van der Waals surface area contributed by atoms with E-state index in [1.165, 1.54) is 0 Å². The molecular weight excluding hydrogens is 302 g/mol. The van der Waals surface area contributed by atoms with Crippen LogP contribution >= 0.6 is 0 Å². The standard InChI is InChI=1S/C17H20F2N2O2/c18-11-2-3-12(14(19)7-11)16(22)5-6-17(23)21-8-10-1-4-15(20)13(10)9-21/h2-3,7,10,13,15H,1,4-6,8-9,20H2. The third-order valence-electron chi connectivity index (χ3n) is 5.06. The van der Waals surface area contributed by atoms with Crippen LogP contribution < -0.4 is 5.73 Å². The Morgan fingerprint density at radius 2 is 1.96 bits per heavy atom. The Morgan fingerprint density at radius 1 is 1.17 bits per heavy atom. The fraction of sp³-hybridized carbons (Fsp3) is 0.529. The van der Waals surface area contributed by atoms with Crippen LogP contribution in [0.5, 0.6) is 0 Å². The third kappa shape index (κ3) is 3.27. The summed E-state index contributed by atoms with van der Waals surface area (Å²) in [5, 5.41) is 0. The lowest BCUT2D eigenvalue weighted by Gasteiger charge is -2.18. The Morgan fingerprint density at radius 3 is 2.65 bits per heavy atom. The molecule has 23 heavy (non-hydrogen) atoms. The number of carbonyl (C=O) groups excluding carboxylic acids is 2. The van der Waals surface area contributed by atoms with E-state index in [1.807, 2.05) is 0 Å². The summed E-state index contributed by atoms with van der Waals surface area (Å²) >= 11 is 0. The maximum absolute atomic E-state index is 13.6. The molecule has 2 aliphatic rings. The lowest BCUT2D eigenvalue weighted by molar-refractivity contribution is -0.130. The van der Waals surface area contributed by atoms with E-state index in [2.05, 4.69) is 0 Å². The molecule has 6 heteroatoms. The van der Waals surface area contributed by atoms with Gasteiger partial charge in [0.2, 0.25) is 5.91 Å². The van der Waals surface area contributed by atoms with Crippen molar-refractivity contribution in [2.75, 3.05) is 13.1 Å². The maximum atomic E-state index is 13.6. The summed E-state index contributed by atoms with van der Waals surface area (Å²) in [6.45, 7) is 1.36. The van der Waals surface area contributed by atoms with E-state index < -0.39 is 17.4 Å². The molecule has 1 aromatic rings. The van der Waals surface area contributed by atoms with Crippen molar-refractivity contribution in [3.05, 3.63) is 35.4 Å². The van der Waals surface area contributed by atoms with Crippen molar-refractivity contribution in [3.63, 3.8) is 0 Å². The molecule has 0 spiro atoms. The van der Waals surface area contributed by atoms with Gasteiger partial charge in [-0.1, -0.05) is 0 Å². The quantitative estimate of drug-likeness (QED) is 0.864. The number of benzene rings is 1. The number of nitrogens with two attached hydrogens (primary N) is 1. The van der Waals surface area contributed by atoms with Gasteiger partial charge in [0.05, 0.1) is 5.56 Å². The molecule has 1 heterocycles. The van der Waals surface area contributed by atoms with Crippen molar-refractivity contribution in [1.82, 2.24) is 4.90 Å². The maximum Gasteiger partial charge on any atom is 0.223 e.